The fourth-order valence-corrected chi connectivity index (χ4v) is 1.10. The molecule has 0 saturated carbocycles. The average molecular weight is 244 g/mol. The second-order valence-electron chi connectivity index (χ2n) is 3.11. The summed E-state index contributed by atoms with van der Waals surface area (Å²) in [5.74, 6) is 0. The van der Waals surface area contributed by atoms with Gasteiger partial charge in [0.15, 0.2) is 0 Å². The summed E-state index contributed by atoms with van der Waals surface area (Å²) in [7, 11) is 2.10. The van der Waals surface area contributed by atoms with Crippen LogP contribution in [0.4, 0.5) is 13.2 Å². The number of unbranched alkanes of at least 4 members (excludes halogenated alkanes) is 1. The molecule has 0 atom stereocenters. The Morgan fingerprint density at radius 3 is 2.13 bits per heavy atom. The van der Waals surface area contributed by atoms with Crippen molar-refractivity contribution in [3.63, 3.8) is 0 Å². The molecule has 0 amide bonds. The molecule has 0 aromatic carbocycles. The van der Waals surface area contributed by atoms with E-state index in [1.807, 2.05) is 0 Å². The maximum atomic E-state index is 9.67. The van der Waals surface area contributed by atoms with Crippen molar-refractivity contribution in [2.75, 3.05) is 20.3 Å². The molecule has 1 aliphatic rings. The summed E-state index contributed by atoms with van der Waals surface area (Å²) in [4.78, 5) is 4.53. The normalized spacial score (nSPS) is 13.7. The van der Waals surface area contributed by atoms with Gasteiger partial charge in [-0.15, -0.1) is 0 Å². The highest BCUT2D eigenvalue weighted by Crippen LogP contribution is 2.04. The molecule has 0 bridgehead atoms. The molecule has 0 saturated heterocycles. The van der Waals surface area contributed by atoms with E-state index in [1.165, 1.54) is 19.4 Å². The summed E-state index contributed by atoms with van der Waals surface area (Å²) >= 11 is 0. The number of hydrogen-bond donors (Lipinski definition) is 0. The zero-order valence-corrected chi connectivity index (χ0v) is 10.1. The van der Waals surface area contributed by atoms with Crippen LogP contribution in [0.5, 0.6) is 0 Å². The van der Waals surface area contributed by atoms with Crippen LogP contribution in [-0.4, -0.2) is 36.7 Å². The molecule has 15 heavy (non-hydrogen) atoms. The Morgan fingerprint density at radius 1 is 1.27 bits per heavy atom. The molecule has 6 heteroatoms. The van der Waals surface area contributed by atoms with Gasteiger partial charge in [0.2, 0.25) is 0 Å². The van der Waals surface area contributed by atoms with E-state index in [4.69, 9.17) is 0 Å². The molecule has 0 aromatic rings. The molecule has 1 heterocycles. The van der Waals surface area contributed by atoms with Crippen LogP contribution in [0.15, 0.2) is 12.4 Å². The lowest BCUT2D eigenvalue weighted by molar-refractivity contribution is 0.00819. The third-order valence-corrected chi connectivity index (χ3v) is 1.74. The van der Waals surface area contributed by atoms with Crippen LogP contribution in [0.25, 0.3) is 0 Å². The highest BCUT2D eigenvalue weighted by molar-refractivity contribution is 7.59. The van der Waals surface area contributed by atoms with Crippen molar-refractivity contribution in [1.29, 1.82) is 0 Å². The largest absolute Gasteiger partial charge is 0.379 e. The monoisotopic (exact) mass is 244 g/mol. The van der Waals surface area contributed by atoms with Gasteiger partial charge in [-0.2, -0.15) is 26.7 Å². The lowest BCUT2D eigenvalue weighted by Crippen LogP contribution is -2.23. The van der Waals surface area contributed by atoms with Crippen LogP contribution in [0.2, 0.25) is 0 Å². The lowest BCUT2D eigenvalue weighted by Gasteiger charge is -2.17. The average Bonchev–Trinajstić information content (AvgIpc) is 2.47. The first-order chi connectivity index (χ1) is 6.56. The second kappa shape index (κ2) is 10.0. The molecule has 92 valence electrons. The van der Waals surface area contributed by atoms with Crippen LogP contribution in [0.3, 0.4) is 0 Å². The minimum atomic E-state index is -3.67. The van der Waals surface area contributed by atoms with Gasteiger partial charge in [-0.3, -0.25) is 0 Å². The maximum Gasteiger partial charge on any atom is 0.379 e. The summed E-state index contributed by atoms with van der Waals surface area (Å²) in [5, 5.41) is 0. The number of nitrogens with zero attached hydrogens (tertiary/aromatic N) is 2. The van der Waals surface area contributed by atoms with Gasteiger partial charge >= 0.3 is 6.68 Å². The molecule has 1 rings (SSSR count). The van der Waals surface area contributed by atoms with Crippen LogP contribution in [0, 0.1) is 0 Å². The van der Waals surface area contributed by atoms with E-state index >= 15 is 0 Å². The van der Waals surface area contributed by atoms with E-state index in [0.717, 1.165) is 6.67 Å². The van der Waals surface area contributed by atoms with Gasteiger partial charge in [-0.05, 0) is 6.42 Å². The van der Waals surface area contributed by atoms with Gasteiger partial charge in [0.05, 0.1) is 6.67 Å². The number of alkyl halides is 3. The third kappa shape index (κ3) is 11.4. The van der Waals surface area contributed by atoms with Crippen molar-refractivity contribution < 1.29 is 13.2 Å². The molecule has 0 spiro atoms. The molecule has 0 N–H and O–H groups in total. The quantitative estimate of drug-likeness (QED) is 0.753. The van der Waals surface area contributed by atoms with Crippen molar-refractivity contribution in [2.45, 2.75) is 26.4 Å². The highest BCUT2D eigenvalue weighted by atomic mass is 32.1. The van der Waals surface area contributed by atoms with E-state index < -0.39 is 6.68 Å². The summed E-state index contributed by atoms with van der Waals surface area (Å²) < 4.78 is 29.0. The highest BCUT2D eigenvalue weighted by Gasteiger charge is 2.05. The zero-order chi connectivity index (χ0) is 11.0. The van der Waals surface area contributed by atoms with Gasteiger partial charge < -0.3 is 9.80 Å². The van der Waals surface area contributed by atoms with Crippen molar-refractivity contribution in [3.8, 4) is 0 Å². The standard InChI is InChI=1S/C8H16N2.CHF3.H2S/c1-3-4-5-10-7-6-9(2)8-10;2-1(3)4;/h6-7H,3-5,8H2,1-2H3;1H;1H2. The van der Waals surface area contributed by atoms with E-state index in [1.54, 1.807) is 0 Å². The van der Waals surface area contributed by atoms with E-state index in [9.17, 15) is 13.2 Å². The smallest absolute Gasteiger partial charge is 0.362 e. The first-order valence-corrected chi connectivity index (χ1v) is 4.61. The minimum Gasteiger partial charge on any atom is -0.362 e. The van der Waals surface area contributed by atoms with Crippen molar-refractivity contribution in [3.05, 3.63) is 12.4 Å². The molecule has 0 radical (unpaired) electrons. The third-order valence-electron chi connectivity index (χ3n) is 1.74. The van der Waals surface area contributed by atoms with Gasteiger partial charge in [-0.1, -0.05) is 13.3 Å². The van der Waals surface area contributed by atoms with Crippen molar-refractivity contribution >= 4 is 13.5 Å². The van der Waals surface area contributed by atoms with E-state index in [2.05, 4.69) is 36.2 Å². The maximum absolute atomic E-state index is 9.67. The van der Waals surface area contributed by atoms with E-state index in [0.29, 0.717) is 0 Å². The van der Waals surface area contributed by atoms with Gasteiger partial charge in [0.25, 0.3) is 0 Å². The second-order valence-corrected chi connectivity index (χ2v) is 3.11. The number of rotatable bonds is 3. The fourth-order valence-electron chi connectivity index (χ4n) is 1.10. The van der Waals surface area contributed by atoms with Gasteiger partial charge in [0.1, 0.15) is 0 Å². The summed E-state index contributed by atoms with van der Waals surface area (Å²) in [6, 6.07) is 0. The Labute approximate surface area is 96.2 Å². The van der Waals surface area contributed by atoms with Crippen molar-refractivity contribution in [1.82, 2.24) is 9.80 Å². The lowest BCUT2D eigenvalue weighted by atomic mass is 10.3. The number of hydrogen-bond acceptors (Lipinski definition) is 2. The molecular weight excluding hydrogens is 225 g/mol. The molecule has 0 fully saturated rings. The molecular formula is C9H19F3N2S. The first kappa shape index (κ1) is 16.9. The van der Waals surface area contributed by atoms with Crippen LogP contribution in [0.1, 0.15) is 19.8 Å². The summed E-state index contributed by atoms with van der Waals surface area (Å²) in [5.41, 5.74) is 0. The molecule has 1 aliphatic heterocycles. The SMILES string of the molecule is CCCCN1C=CN(C)C1.FC(F)F.S. The summed E-state index contributed by atoms with van der Waals surface area (Å²) in [6.07, 6.45) is 6.87. The van der Waals surface area contributed by atoms with Gasteiger partial charge in [-0.25, -0.2) is 0 Å². The zero-order valence-electron chi connectivity index (χ0n) is 9.09. The molecule has 0 aromatic heterocycles. The Balaban J connectivity index is 0. The van der Waals surface area contributed by atoms with E-state index in [-0.39, 0.29) is 13.5 Å². The Kier molecular flexibility index (Phi) is 11.3. The Bertz CT molecular complexity index is 165. The predicted molar refractivity (Wildman–Crippen MR) is 60.9 cm³/mol. The number of halogens is 3. The predicted octanol–water partition coefficient (Wildman–Crippen LogP) is 2.75. The van der Waals surface area contributed by atoms with Crippen LogP contribution < -0.4 is 0 Å². The van der Waals surface area contributed by atoms with Crippen LogP contribution >= 0.6 is 13.5 Å². The first-order valence-electron chi connectivity index (χ1n) is 4.61. The Hall–Kier alpha value is -0.520. The van der Waals surface area contributed by atoms with Crippen LogP contribution in [-0.2, 0) is 0 Å². The molecule has 0 aliphatic carbocycles. The fraction of sp³-hybridized carbons (Fsp3) is 0.778. The molecule has 2 nitrogen and oxygen atoms in total. The van der Waals surface area contributed by atoms with Gasteiger partial charge in [0, 0.05) is 26.0 Å². The van der Waals surface area contributed by atoms with Crippen molar-refractivity contribution in [2.24, 2.45) is 0 Å². The topological polar surface area (TPSA) is 6.48 Å². The minimum absolute atomic E-state index is 0. The summed E-state index contributed by atoms with van der Waals surface area (Å²) in [6.45, 7) is 0.834. The Morgan fingerprint density at radius 2 is 1.80 bits per heavy atom. The molecule has 0 unspecified atom stereocenters.